The number of methoxy groups -OCH3 is 1. The number of hydrogen-bond acceptors (Lipinski definition) is 4. The van der Waals surface area contributed by atoms with Gasteiger partial charge in [-0.05, 0) is 39.2 Å². The quantitative estimate of drug-likeness (QED) is 0.810. The zero-order valence-electron chi connectivity index (χ0n) is 13.9. The fourth-order valence-corrected chi connectivity index (χ4v) is 2.59. The lowest BCUT2D eigenvalue weighted by Crippen LogP contribution is -2.41. The Morgan fingerprint density at radius 3 is 2.50 bits per heavy atom. The Labute approximate surface area is 131 Å². The Morgan fingerprint density at radius 2 is 1.86 bits per heavy atom. The van der Waals surface area contributed by atoms with Crippen LogP contribution in [0, 0.1) is 0 Å². The summed E-state index contributed by atoms with van der Waals surface area (Å²) >= 11 is 0. The van der Waals surface area contributed by atoms with E-state index in [1.54, 1.807) is 7.11 Å². The summed E-state index contributed by atoms with van der Waals surface area (Å²) in [6, 6.07) is 6.21. The highest BCUT2D eigenvalue weighted by atomic mass is 16.7. The van der Waals surface area contributed by atoms with Gasteiger partial charge in [0.15, 0.2) is 0 Å². The predicted molar refractivity (Wildman–Crippen MR) is 87.3 cm³/mol. The first-order valence-electron chi connectivity index (χ1n) is 7.64. The normalized spacial score (nSPS) is 20.0. The van der Waals surface area contributed by atoms with E-state index in [1.165, 1.54) is 0 Å². The fraction of sp³-hybridized carbons (Fsp3) is 0.562. The Kier molecular flexibility index (Phi) is 3.79. The first-order chi connectivity index (χ1) is 10.3. The lowest BCUT2D eigenvalue weighted by atomic mass is 9.79. The van der Waals surface area contributed by atoms with Gasteiger partial charge in [0, 0.05) is 12.5 Å². The number of rotatable bonds is 4. The van der Waals surface area contributed by atoms with Crippen LogP contribution in [0.2, 0.25) is 0 Å². The van der Waals surface area contributed by atoms with Crippen LogP contribution in [0.1, 0.15) is 27.7 Å². The first kappa shape index (κ1) is 15.5. The lowest BCUT2D eigenvalue weighted by Gasteiger charge is -2.32. The number of hydrogen-bond donors (Lipinski definition) is 0. The molecule has 1 aromatic heterocycles. The molecular formula is C16H23BN2O3. The average molecular weight is 302 g/mol. The average Bonchev–Trinajstić information content (AvgIpc) is 2.94. The molecule has 0 spiro atoms. The van der Waals surface area contributed by atoms with Crippen LogP contribution in [0.4, 0.5) is 0 Å². The highest BCUT2D eigenvalue weighted by Gasteiger charge is 2.51. The first-order valence-corrected chi connectivity index (χ1v) is 7.64. The Morgan fingerprint density at radius 1 is 1.18 bits per heavy atom. The molecule has 6 heteroatoms. The van der Waals surface area contributed by atoms with Gasteiger partial charge in [0.1, 0.15) is 0 Å². The summed E-state index contributed by atoms with van der Waals surface area (Å²) in [7, 11) is 1.36. The zero-order chi connectivity index (χ0) is 16.0. The molecule has 0 atom stereocenters. The van der Waals surface area contributed by atoms with E-state index in [0.29, 0.717) is 6.61 Å². The van der Waals surface area contributed by atoms with E-state index in [1.807, 2.05) is 10.9 Å². The van der Waals surface area contributed by atoms with Crippen molar-refractivity contribution in [2.45, 2.75) is 45.4 Å². The number of fused-ring (bicyclic) bond motifs is 1. The van der Waals surface area contributed by atoms with E-state index < -0.39 is 0 Å². The molecule has 0 unspecified atom stereocenters. The molecule has 0 amide bonds. The molecule has 22 heavy (non-hydrogen) atoms. The summed E-state index contributed by atoms with van der Waals surface area (Å²) in [4.78, 5) is 0. The van der Waals surface area contributed by atoms with Crippen LogP contribution in [0.5, 0.6) is 0 Å². The third-order valence-electron chi connectivity index (χ3n) is 4.70. The minimum atomic E-state index is -0.336. The van der Waals surface area contributed by atoms with E-state index in [0.717, 1.165) is 22.9 Å². The Hall–Kier alpha value is -1.37. The zero-order valence-corrected chi connectivity index (χ0v) is 13.9. The smallest absolute Gasteiger partial charge is 0.399 e. The van der Waals surface area contributed by atoms with Crippen molar-refractivity contribution in [1.82, 2.24) is 9.78 Å². The summed E-state index contributed by atoms with van der Waals surface area (Å²) in [6.07, 6.45) is 1.87. The van der Waals surface area contributed by atoms with Gasteiger partial charge in [-0.15, -0.1) is 0 Å². The minimum Gasteiger partial charge on any atom is -0.399 e. The molecule has 1 aliphatic rings. The van der Waals surface area contributed by atoms with Crippen molar-refractivity contribution < 1.29 is 14.0 Å². The summed E-state index contributed by atoms with van der Waals surface area (Å²) in [5.74, 6) is 0. The molecule has 2 heterocycles. The van der Waals surface area contributed by atoms with Crippen molar-refractivity contribution in [2.24, 2.45) is 0 Å². The molecule has 0 N–H and O–H groups in total. The van der Waals surface area contributed by atoms with E-state index in [2.05, 4.69) is 51.0 Å². The molecule has 118 valence electrons. The predicted octanol–water partition coefficient (Wildman–Crippen LogP) is 1.98. The monoisotopic (exact) mass is 302 g/mol. The molecule has 0 aliphatic carbocycles. The molecule has 0 bridgehead atoms. The molecule has 0 radical (unpaired) electrons. The van der Waals surface area contributed by atoms with Crippen molar-refractivity contribution in [3.05, 3.63) is 24.4 Å². The molecule has 1 aliphatic heterocycles. The summed E-state index contributed by atoms with van der Waals surface area (Å²) < 4.78 is 19.3. The highest BCUT2D eigenvalue weighted by Crippen LogP contribution is 2.36. The van der Waals surface area contributed by atoms with E-state index in [-0.39, 0.29) is 18.3 Å². The van der Waals surface area contributed by atoms with Crippen molar-refractivity contribution in [2.75, 3.05) is 13.7 Å². The van der Waals surface area contributed by atoms with E-state index >= 15 is 0 Å². The highest BCUT2D eigenvalue weighted by molar-refractivity contribution is 6.62. The third kappa shape index (κ3) is 2.55. The lowest BCUT2D eigenvalue weighted by molar-refractivity contribution is 0.00578. The number of aromatic nitrogens is 2. The van der Waals surface area contributed by atoms with Crippen LogP contribution in [-0.4, -0.2) is 41.8 Å². The standard InChI is InChI=1S/C16H23BN2O3/c1-15(2)16(3,4)22-17(21-15)13-6-7-14-12(10-13)11-18-19(14)8-9-20-5/h6-7,10-11H,8-9H2,1-5H3. The van der Waals surface area contributed by atoms with Crippen LogP contribution in [0.25, 0.3) is 10.9 Å². The molecule has 1 fully saturated rings. The minimum absolute atomic E-state index is 0.324. The van der Waals surface area contributed by atoms with Crippen molar-refractivity contribution in [3.8, 4) is 0 Å². The van der Waals surface area contributed by atoms with Crippen molar-refractivity contribution in [1.29, 1.82) is 0 Å². The van der Waals surface area contributed by atoms with Crippen molar-refractivity contribution in [3.63, 3.8) is 0 Å². The fourth-order valence-electron chi connectivity index (χ4n) is 2.59. The van der Waals surface area contributed by atoms with E-state index in [4.69, 9.17) is 14.0 Å². The summed E-state index contributed by atoms with van der Waals surface area (Å²) in [5, 5.41) is 5.50. The number of nitrogens with zero attached hydrogens (tertiary/aromatic N) is 2. The Bertz CT molecular complexity index is 665. The van der Waals surface area contributed by atoms with Gasteiger partial charge in [0.2, 0.25) is 0 Å². The van der Waals surface area contributed by atoms with Gasteiger partial charge in [0.25, 0.3) is 0 Å². The van der Waals surface area contributed by atoms with Gasteiger partial charge in [0.05, 0.1) is 36.1 Å². The maximum atomic E-state index is 6.10. The maximum absolute atomic E-state index is 6.10. The van der Waals surface area contributed by atoms with Gasteiger partial charge >= 0.3 is 7.12 Å². The molecule has 2 aromatic rings. The Balaban J connectivity index is 1.88. The molecule has 1 aromatic carbocycles. The van der Waals surface area contributed by atoms with Gasteiger partial charge in [-0.25, -0.2) is 0 Å². The molecule has 3 rings (SSSR count). The third-order valence-corrected chi connectivity index (χ3v) is 4.70. The van der Waals surface area contributed by atoms with Gasteiger partial charge in [-0.2, -0.15) is 5.10 Å². The van der Waals surface area contributed by atoms with Crippen molar-refractivity contribution >= 4 is 23.5 Å². The van der Waals surface area contributed by atoms with Crippen LogP contribution >= 0.6 is 0 Å². The second-order valence-electron chi connectivity index (χ2n) is 6.77. The topological polar surface area (TPSA) is 45.5 Å². The number of ether oxygens (including phenoxy) is 1. The molecule has 1 saturated heterocycles. The maximum Gasteiger partial charge on any atom is 0.494 e. The summed E-state index contributed by atoms with van der Waals surface area (Å²) in [6.45, 7) is 9.65. The van der Waals surface area contributed by atoms with Crippen LogP contribution < -0.4 is 5.46 Å². The number of benzene rings is 1. The van der Waals surface area contributed by atoms with E-state index in [9.17, 15) is 0 Å². The van der Waals surface area contributed by atoms with Gasteiger partial charge < -0.3 is 14.0 Å². The largest absolute Gasteiger partial charge is 0.494 e. The second-order valence-corrected chi connectivity index (χ2v) is 6.77. The van der Waals surface area contributed by atoms with Crippen LogP contribution in [0.3, 0.4) is 0 Å². The van der Waals surface area contributed by atoms with Gasteiger partial charge in [-0.1, -0.05) is 12.1 Å². The molecule has 0 saturated carbocycles. The summed E-state index contributed by atoms with van der Waals surface area (Å²) in [5.41, 5.74) is 1.47. The molecule has 5 nitrogen and oxygen atoms in total. The van der Waals surface area contributed by atoms with Crippen LogP contribution in [0.15, 0.2) is 24.4 Å². The SMILES string of the molecule is COCCn1ncc2cc(B3OC(C)(C)C(C)(C)O3)ccc21. The molecular weight excluding hydrogens is 279 g/mol. The van der Waals surface area contributed by atoms with Crippen LogP contribution in [-0.2, 0) is 20.6 Å². The second kappa shape index (κ2) is 5.37. The van der Waals surface area contributed by atoms with Gasteiger partial charge in [-0.3, -0.25) is 4.68 Å².